The molecule has 1 N–H and O–H groups in total. The smallest absolute Gasteiger partial charge is 0.270 e. The number of nitro benzene ring substituents is 1. The molecule has 0 atom stereocenters. The Hall–Kier alpha value is -2.60. The van der Waals surface area contributed by atoms with E-state index in [9.17, 15) is 14.9 Å². The Morgan fingerprint density at radius 1 is 1.25 bits per heavy atom. The molecule has 126 valence electrons. The Bertz CT molecular complexity index is 722. The Morgan fingerprint density at radius 2 is 1.96 bits per heavy atom. The Kier molecular flexibility index (Phi) is 6.14. The van der Waals surface area contributed by atoms with Crippen LogP contribution < -0.4 is 10.2 Å². The van der Waals surface area contributed by atoms with Gasteiger partial charge in [0.15, 0.2) is 0 Å². The van der Waals surface area contributed by atoms with E-state index >= 15 is 0 Å². The predicted octanol–water partition coefficient (Wildman–Crippen LogP) is 3.50. The zero-order valence-corrected chi connectivity index (χ0v) is 14.0. The van der Waals surface area contributed by atoms with Crippen LogP contribution in [0.15, 0.2) is 48.5 Å². The van der Waals surface area contributed by atoms with Gasteiger partial charge < -0.3 is 10.2 Å². The van der Waals surface area contributed by atoms with Gasteiger partial charge in [0.2, 0.25) is 0 Å². The van der Waals surface area contributed by atoms with Crippen LogP contribution in [0.3, 0.4) is 0 Å². The summed E-state index contributed by atoms with van der Waals surface area (Å²) in [5.41, 5.74) is 1.21. The molecule has 0 saturated carbocycles. The average Bonchev–Trinajstić information content (AvgIpc) is 2.58. The maximum absolute atomic E-state index is 12.1. The number of amides is 1. The third-order valence-electron chi connectivity index (χ3n) is 3.56. The van der Waals surface area contributed by atoms with Gasteiger partial charge in [0, 0.05) is 38.0 Å². The second kappa shape index (κ2) is 8.31. The quantitative estimate of drug-likeness (QED) is 0.472. The molecule has 0 heterocycles. The molecule has 0 aromatic heterocycles. The van der Waals surface area contributed by atoms with Crippen molar-refractivity contribution in [1.29, 1.82) is 0 Å². The van der Waals surface area contributed by atoms with Crippen LogP contribution >= 0.6 is 11.6 Å². The molecule has 0 fully saturated rings. The van der Waals surface area contributed by atoms with E-state index in [0.29, 0.717) is 6.54 Å². The van der Waals surface area contributed by atoms with Crippen LogP contribution in [0.25, 0.3) is 0 Å². The van der Waals surface area contributed by atoms with E-state index in [1.54, 1.807) is 0 Å². The Morgan fingerprint density at radius 3 is 2.58 bits per heavy atom. The number of nitrogens with zero attached hydrogens (tertiary/aromatic N) is 2. The normalized spacial score (nSPS) is 10.2. The van der Waals surface area contributed by atoms with Crippen molar-refractivity contribution < 1.29 is 9.72 Å². The third-order valence-corrected chi connectivity index (χ3v) is 3.87. The number of para-hydroxylation sites is 1. The predicted molar refractivity (Wildman–Crippen MR) is 94.8 cm³/mol. The fourth-order valence-corrected chi connectivity index (χ4v) is 2.49. The topological polar surface area (TPSA) is 75.5 Å². The van der Waals surface area contributed by atoms with Crippen LogP contribution in [0, 0.1) is 10.1 Å². The molecule has 1 amide bonds. The minimum Gasteiger partial charge on any atom is -0.375 e. The molecular weight excluding hydrogens is 330 g/mol. The second-order valence-electron chi connectivity index (χ2n) is 5.29. The number of rotatable bonds is 7. The summed E-state index contributed by atoms with van der Waals surface area (Å²) in [6, 6.07) is 13.8. The molecule has 2 aromatic carbocycles. The van der Waals surface area contributed by atoms with Gasteiger partial charge in [0.25, 0.3) is 11.6 Å². The zero-order chi connectivity index (χ0) is 17.5. The number of anilines is 1. The van der Waals surface area contributed by atoms with Gasteiger partial charge in [-0.25, -0.2) is 0 Å². The average molecular weight is 348 g/mol. The lowest BCUT2D eigenvalue weighted by Crippen LogP contribution is -2.28. The number of halogens is 1. The van der Waals surface area contributed by atoms with Crippen molar-refractivity contribution >= 4 is 28.9 Å². The molecule has 0 saturated heterocycles. The fourth-order valence-electron chi connectivity index (χ4n) is 2.23. The minimum atomic E-state index is -0.549. The van der Waals surface area contributed by atoms with E-state index in [-0.39, 0.29) is 22.2 Å². The lowest BCUT2D eigenvalue weighted by atomic mass is 10.2. The van der Waals surface area contributed by atoms with E-state index in [1.165, 1.54) is 18.2 Å². The number of carbonyl (C=O) groups excluding carboxylic acids is 1. The van der Waals surface area contributed by atoms with Crippen molar-refractivity contribution in [3.63, 3.8) is 0 Å². The van der Waals surface area contributed by atoms with E-state index in [4.69, 9.17) is 11.6 Å². The lowest BCUT2D eigenvalue weighted by Gasteiger charge is -2.19. The Labute approximate surface area is 145 Å². The monoisotopic (exact) mass is 347 g/mol. The van der Waals surface area contributed by atoms with Crippen LogP contribution in [0.5, 0.6) is 0 Å². The van der Waals surface area contributed by atoms with Crippen molar-refractivity contribution in [3.05, 3.63) is 69.2 Å². The molecule has 24 heavy (non-hydrogen) atoms. The summed E-state index contributed by atoms with van der Waals surface area (Å²) in [6.45, 7) is 1.28. The van der Waals surface area contributed by atoms with Crippen LogP contribution in [0.2, 0.25) is 5.02 Å². The van der Waals surface area contributed by atoms with Crippen molar-refractivity contribution in [3.8, 4) is 0 Å². The first-order chi connectivity index (χ1) is 11.5. The van der Waals surface area contributed by atoms with Gasteiger partial charge in [-0.05, 0) is 24.6 Å². The molecular formula is C17H18ClN3O3. The van der Waals surface area contributed by atoms with Gasteiger partial charge in [-0.15, -0.1) is 0 Å². The van der Waals surface area contributed by atoms with Crippen molar-refractivity contribution in [2.24, 2.45) is 0 Å². The van der Waals surface area contributed by atoms with E-state index in [1.807, 2.05) is 37.4 Å². The number of benzene rings is 2. The van der Waals surface area contributed by atoms with Crippen molar-refractivity contribution in [1.82, 2.24) is 5.32 Å². The van der Waals surface area contributed by atoms with Gasteiger partial charge in [-0.1, -0.05) is 29.8 Å². The molecule has 6 nitrogen and oxygen atoms in total. The summed E-state index contributed by atoms with van der Waals surface area (Å²) >= 11 is 5.94. The van der Waals surface area contributed by atoms with E-state index in [2.05, 4.69) is 10.2 Å². The van der Waals surface area contributed by atoms with Crippen LogP contribution in [-0.2, 0) is 0 Å². The van der Waals surface area contributed by atoms with Gasteiger partial charge >= 0.3 is 0 Å². The molecule has 0 radical (unpaired) electrons. The number of hydrogen-bond donors (Lipinski definition) is 1. The van der Waals surface area contributed by atoms with Crippen molar-refractivity contribution in [2.45, 2.75) is 6.42 Å². The van der Waals surface area contributed by atoms with Gasteiger partial charge in [0.05, 0.1) is 15.5 Å². The molecule has 7 heteroatoms. The number of non-ortho nitro benzene ring substituents is 1. The SMILES string of the molecule is CN(CCCNC(=O)c1ccc([N+](=O)[O-])cc1Cl)c1ccccc1. The van der Waals surface area contributed by atoms with E-state index < -0.39 is 4.92 Å². The highest BCUT2D eigenvalue weighted by Gasteiger charge is 2.14. The molecule has 0 bridgehead atoms. The first-order valence-electron chi connectivity index (χ1n) is 7.47. The molecule has 0 aliphatic rings. The number of nitrogens with one attached hydrogen (secondary N) is 1. The van der Waals surface area contributed by atoms with Crippen LogP contribution in [0.4, 0.5) is 11.4 Å². The standard InChI is InChI=1S/C17H18ClN3O3/c1-20(13-6-3-2-4-7-13)11-5-10-19-17(22)15-9-8-14(21(23)24)12-16(15)18/h2-4,6-9,12H,5,10-11H2,1H3,(H,19,22). The number of nitro groups is 1. The largest absolute Gasteiger partial charge is 0.375 e. The highest BCUT2D eigenvalue weighted by atomic mass is 35.5. The molecule has 2 aromatic rings. The summed E-state index contributed by atoms with van der Waals surface area (Å²) in [5.74, 6) is -0.336. The van der Waals surface area contributed by atoms with Crippen LogP contribution in [-0.4, -0.2) is 31.0 Å². The molecule has 0 spiro atoms. The summed E-state index contributed by atoms with van der Waals surface area (Å²) in [7, 11) is 1.99. The number of carbonyl (C=O) groups is 1. The highest BCUT2D eigenvalue weighted by Crippen LogP contribution is 2.22. The molecule has 0 aliphatic carbocycles. The molecule has 2 rings (SSSR count). The zero-order valence-electron chi connectivity index (χ0n) is 13.2. The number of hydrogen-bond acceptors (Lipinski definition) is 4. The first-order valence-corrected chi connectivity index (χ1v) is 7.85. The lowest BCUT2D eigenvalue weighted by molar-refractivity contribution is -0.384. The summed E-state index contributed by atoms with van der Waals surface area (Å²) in [6.07, 6.45) is 0.766. The summed E-state index contributed by atoms with van der Waals surface area (Å²) in [5, 5.41) is 13.5. The summed E-state index contributed by atoms with van der Waals surface area (Å²) < 4.78 is 0. The molecule has 0 unspecified atom stereocenters. The maximum atomic E-state index is 12.1. The Balaban J connectivity index is 1.82. The van der Waals surface area contributed by atoms with E-state index in [0.717, 1.165) is 18.7 Å². The fraction of sp³-hybridized carbons (Fsp3) is 0.235. The second-order valence-corrected chi connectivity index (χ2v) is 5.70. The molecule has 0 aliphatic heterocycles. The van der Waals surface area contributed by atoms with Gasteiger partial charge in [-0.3, -0.25) is 14.9 Å². The minimum absolute atomic E-state index is 0.0723. The van der Waals surface area contributed by atoms with Crippen molar-refractivity contribution in [2.75, 3.05) is 25.0 Å². The van der Waals surface area contributed by atoms with Crippen LogP contribution in [0.1, 0.15) is 16.8 Å². The van der Waals surface area contributed by atoms with Gasteiger partial charge in [0.1, 0.15) is 0 Å². The highest BCUT2D eigenvalue weighted by molar-refractivity contribution is 6.34. The first kappa shape index (κ1) is 17.7. The summed E-state index contributed by atoms with van der Waals surface area (Å²) in [4.78, 5) is 24.3. The maximum Gasteiger partial charge on any atom is 0.270 e. The van der Waals surface area contributed by atoms with Gasteiger partial charge in [-0.2, -0.15) is 0 Å². The third kappa shape index (κ3) is 4.70.